The minimum atomic E-state index is -3.52. The van der Waals surface area contributed by atoms with E-state index in [9.17, 15) is 8.42 Å². The molecule has 20 heavy (non-hydrogen) atoms. The summed E-state index contributed by atoms with van der Waals surface area (Å²) in [6, 6.07) is 6.44. The van der Waals surface area contributed by atoms with Crippen molar-refractivity contribution in [3.63, 3.8) is 0 Å². The van der Waals surface area contributed by atoms with Gasteiger partial charge in [0.2, 0.25) is 10.0 Å². The van der Waals surface area contributed by atoms with Crippen LogP contribution in [0.3, 0.4) is 0 Å². The van der Waals surface area contributed by atoms with Crippen molar-refractivity contribution in [3.8, 4) is 12.3 Å². The van der Waals surface area contributed by atoms with E-state index in [1.165, 1.54) is 0 Å². The van der Waals surface area contributed by atoms with Crippen LogP contribution in [-0.4, -0.2) is 14.5 Å². The van der Waals surface area contributed by atoms with E-state index in [1.54, 1.807) is 30.3 Å². The number of rotatable bonds is 7. The van der Waals surface area contributed by atoms with Gasteiger partial charge in [-0.2, -0.15) is 0 Å². The van der Waals surface area contributed by atoms with Gasteiger partial charge in [-0.25, -0.2) is 13.1 Å². The fourth-order valence-electron chi connectivity index (χ4n) is 1.90. The predicted octanol–water partition coefficient (Wildman–Crippen LogP) is 2.88. The summed E-state index contributed by atoms with van der Waals surface area (Å²) < 4.78 is 27.2. The second kappa shape index (κ2) is 7.28. The van der Waals surface area contributed by atoms with E-state index in [0.29, 0.717) is 12.8 Å². The molecule has 0 aliphatic heterocycles. The maximum absolute atomic E-state index is 12.3. The molecule has 0 heterocycles. The maximum atomic E-state index is 12.3. The van der Waals surface area contributed by atoms with E-state index in [0.717, 1.165) is 5.56 Å². The van der Waals surface area contributed by atoms with Gasteiger partial charge in [-0.05, 0) is 31.4 Å². The molecule has 0 spiro atoms. The summed E-state index contributed by atoms with van der Waals surface area (Å²) >= 11 is 0. The Labute approximate surface area is 122 Å². The Morgan fingerprint density at radius 3 is 2.50 bits per heavy atom. The van der Waals surface area contributed by atoms with Gasteiger partial charge in [0.1, 0.15) is 0 Å². The molecule has 2 atom stereocenters. The Morgan fingerprint density at radius 2 is 2.00 bits per heavy atom. The van der Waals surface area contributed by atoms with Crippen LogP contribution in [0.25, 0.3) is 0 Å². The lowest BCUT2D eigenvalue weighted by atomic mass is 9.99. The van der Waals surface area contributed by atoms with E-state index in [-0.39, 0.29) is 16.9 Å². The average molecular weight is 291 g/mol. The van der Waals surface area contributed by atoms with Crippen LogP contribution in [0, 0.1) is 25.2 Å². The van der Waals surface area contributed by atoms with Crippen LogP contribution < -0.4 is 4.72 Å². The molecule has 1 rings (SSSR count). The number of hydrogen-bond donors (Lipinski definition) is 1. The largest absolute Gasteiger partial charge is 0.241 e. The zero-order chi connectivity index (χ0) is 15.2. The van der Waals surface area contributed by atoms with Gasteiger partial charge in [-0.1, -0.05) is 30.7 Å². The SMILES string of the molecule is C#CC[C@@H](C)C[C@@H](C=C)NS(=O)(=O)c1ccc(C)cc1. The first kappa shape index (κ1) is 16.5. The molecule has 1 aromatic carbocycles. The van der Waals surface area contributed by atoms with Crippen molar-refractivity contribution >= 4 is 10.0 Å². The van der Waals surface area contributed by atoms with Crippen LogP contribution in [-0.2, 0) is 10.0 Å². The average Bonchev–Trinajstić information content (AvgIpc) is 2.38. The number of nitrogens with one attached hydrogen (secondary N) is 1. The molecule has 0 aliphatic carbocycles. The van der Waals surface area contributed by atoms with E-state index in [4.69, 9.17) is 6.42 Å². The van der Waals surface area contributed by atoms with Crippen molar-refractivity contribution in [3.05, 3.63) is 42.5 Å². The molecule has 1 aromatic rings. The van der Waals surface area contributed by atoms with Crippen LogP contribution in [0.2, 0.25) is 0 Å². The molecule has 0 aromatic heterocycles. The molecular weight excluding hydrogens is 270 g/mol. The summed E-state index contributed by atoms with van der Waals surface area (Å²) in [6.45, 7) is 7.60. The molecule has 0 fully saturated rings. The van der Waals surface area contributed by atoms with E-state index in [2.05, 4.69) is 17.2 Å². The number of aryl methyl sites for hydroxylation is 1. The highest BCUT2D eigenvalue weighted by Crippen LogP contribution is 2.15. The molecule has 0 amide bonds. The van der Waals surface area contributed by atoms with Crippen molar-refractivity contribution in [2.75, 3.05) is 0 Å². The first-order valence-electron chi connectivity index (χ1n) is 6.54. The lowest BCUT2D eigenvalue weighted by Gasteiger charge is -2.18. The summed E-state index contributed by atoms with van der Waals surface area (Å²) in [5.74, 6) is 2.83. The third-order valence-electron chi connectivity index (χ3n) is 3.04. The highest BCUT2D eigenvalue weighted by atomic mass is 32.2. The van der Waals surface area contributed by atoms with Crippen molar-refractivity contribution in [1.82, 2.24) is 4.72 Å². The van der Waals surface area contributed by atoms with Crippen LogP contribution in [0.5, 0.6) is 0 Å². The van der Waals surface area contributed by atoms with Gasteiger partial charge in [0.15, 0.2) is 0 Å². The fraction of sp³-hybridized carbons (Fsp3) is 0.375. The highest BCUT2D eigenvalue weighted by molar-refractivity contribution is 7.89. The van der Waals surface area contributed by atoms with Crippen LogP contribution in [0.4, 0.5) is 0 Å². The van der Waals surface area contributed by atoms with Gasteiger partial charge in [0, 0.05) is 12.5 Å². The molecule has 0 bridgehead atoms. The molecule has 1 N–H and O–H groups in total. The van der Waals surface area contributed by atoms with Crippen LogP contribution >= 0.6 is 0 Å². The van der Waals surface area contributed by atoms with Crippen molar-refractivity contribution in [1.29, 1.82) is 0 Å². The van der Waals surface area contributed by atoms with E-state index >= 15 is 0 Å². The number of hydrogen-bond acceptors (Lipinski definition) is 2. The molecular formula is C16H21NO2S. The molecule has 0 aliphatic rings. The summed E-state index contributed by atoms with van der Waals surface area (Å²) in [7, 11) is -3.52. The highest BCUT2D eigenvalue weighted by Gasteiger charge is 2.19. The Hall–Kier alpha value is -1.57. The van der Waals surface area contributed by atoms with Gasteiger partial charge in [0.05, 0.1) is 4.90 Å². The molecule has 4 heteroatoms. The molecule has 3 nitrogen and oxygen atoms in total. The third kappa shape index (κ3) is 4.84. The Bertz CT molecular complexity index is 582. The topological polar surface area (TPSA) is 46.2 Å². The number of terminal acetylenes is 1. The minimum absolute atomic E-state index is 0.240. The molecule has 0 saturated carbocycles. The molecule has 0 unspecified atom stereocenters. The van der Waals surface area contributed by atoms with Gasteiger partial charge in [0.25, 0.3) is 0 Å². The predicted molar refractivity (Wildman–Crippen MR) is 82.7 cm³/mol. The standard InChI is InChI=1S/C16H21NO2S/c1-5-7-14(4)12-15(6-2)17-20(18,19)16-10-8-13(3)9-11-16/h1,6,8-11,14-15,17H,2,7,12H2,3-4H3/t14-,15-/m1/s1. The maximum Gasteiger partial charge on any atom is 0.241 e. The summed E-state index contributed by atoms with van der Waals surface area (Å²) in [5.41, 5.74) is 1.02. The molecule has 0 radical (unpaired) electrons. The van der Waals surface area contributed by atoms with Gasteiger partial charge >= 0.3 is 0 Å². The van der Waals surface area contributed by atoms with Gasteiger partial charge in [-0.15, -0.1) is 18.9 Å². The summed E-state index contributed by atoms with van der Waals surface area (Å²) in [4.78, 5) is 0.263. The second-order valence-electron chi connectivity index (χ2n) is 5.03. The Balaban J connectivity index is 2.80. The second-order valence-corrected chi connectivity index (χ2v) is 6.74. The number of sulfonamides is 1. The number of benzene rings is 1. The van der Waals surface area contributed by atoms with Crippen molar-refractivity contribution in [2.45, 2.75) is 37.6 Å². The van der Waals surface area contributed by atoms with Crippen LogP contribution in [0.1, 0.15) is 25.3 Å². The summed E-state index contributed by atoms with van der Waals surface area (Å²) in [6.07, 6.45) is 8.13. The third-order valence-corrected chi connectivity index (χ3v) is 4.55. The smallest absolute Gasteiger partial charge is 0.207 e. The van der Waals surface area contributed by atoms with E-state index < -0.39 is 10.0 Å². The Kier molecular flexibility index (Phi) is 6.00. The van der Waals surface area contributed by atoms with Gasteiger partial charge in [-0.3, -0.25) is 0 Å². The summed E-state index contributed by atoms with van der Waals surface area (Å²) in [5, 5.41) is 0. The normalized spacial score (nSPS) is 14.2. The fourth-order valence-corrected chi connectivity index (χ4v) is 3.12. The first-order valence-corrected chi connectivity index (χ1v) is 8.02. The monoisotopic (exact) mass is 291 g/mol. The van der Waals surface area contributed by atoms with Crippen LogP contribution in [0.15, 0.2) is 41.8 Å². The molecule has 108 valence electrons. The lowest BCUT2D eigenvalue weighted by molar-refractivity contribution is 0.486. The lowest BCUT2D eigenvalue weighted by Crippen LogP contribution is -2.34. The van der Waals surface area contributed by atoms with E-state index in [1.807, 2.05) is 13.8 Å². The van der Waals surface area contributed by atoms with Crippen molar-refractivity contribution in [2.24, 2.45) is 5.92 Å². The quantitative estimate of drug-likeness (QED) is 0.620. The zero-order valence-electron chi connectivity index (χ0n) is 12.0. The first-order chi connectivity index (χ1) is 9.39. The minimum Gasteiger partial charge on any atom is -0.207 e. The molecule has 0 saturated heterocycles. The van der Waals surface area contributed by atoms with Gasteiger partial charge < -0.3 is 0 Å². The van der Waals surface area contributed by atoms with Crippen molar-refractivity contribution < 1.29 is 8.42 Å². The zero-order valence-corrected chi connectivity index (χ0v) is 12.8. The Morgan fingerprint density at radius 1 is 1.40 bits per heavy atom.